The molecule has 2 fully saturated rings. The summed E-state index contributed by atoms with van der Waals surface area (Å²) in [4.78, 5) is 15.6. The Kier molecular flexibility index (Phi) is 9.01. The largest absolute Gasteiger partial charge is 0.492 e. The van der Waals surface area contributed by atoms with Gasteiger partial charge in [0.05, 0.1) is 0 Å². The van der Waals surface area contributed by atoms with Gasteiger partial charge >= 0.3 is 0 Å². The third kappa shape index (κ3) is 6.71. The molecule has 1 saturated carbocycles. The van der Waals surface area contributed by atoms with E-state index >= 15 is 0 Å². The summed E-state index contributed by atoms with van der Waals surface area (Å²) in [5, 5.41) is 3.10. The van der Waals surface area contributed by atoms with E-state index in [9.17, 15) is 4.79 Å². The highest BCUT2D eigenvalue weighted by Gasteiger charge is 2.42. The van der Waals surface area contributed by atoms with Crippen molar-refractivity contribution in [1.82, 2.24) is 4.90 Å². The molecule has 5 nitrogen and oxygen atoms in total. The van der Waals surface area contributed by atoms with E-state index in [0.717, 1.165) is 43.7 Å². The fourth-order valence-corrected chi connectivity index (χ4v) is 4.74. The number of hydrogen-bond acceptors (Lipinski definition) is 4. The van der Waals surface area contributed by atoms with Crippen LogP contribution in [-0.2, 0) is 9.53 Å². The molecule has 1 aromatic rings. The SMILES string of the molecule is CCCOC1(C(=O)Nc2ccc(OCCN3CCCCCC3)cc2)CCCC(C)C1. The van der Waals surface area contributed by atoms with Gasteiger partial charge in [0.1, 0.15) is 18.0 Å². The number of nitrogens with one attached hydrogen (secondary N) is 1. The molecule has 5 heteroatoms. The highest BCUT2D eigenvalue weighted by molar-refractivity contribution is 5.97. The summed E-state index contributed by atoms with van der Waals surface area (Å²) < 4.78 is 12.1. The predicted molar refractivity (Wildman–Crippen MR) is 122 cm³/mol. The number of carbonyl (C=O) groups excluding carboxylic acids is 1. The molecule has 0 aromatic heterocycles. The number of rotatable bonds is 9. The van der Waals surface area contributed by atoms with Gasteiger partial charge in [0.15, 0.2) is 0 Å². The summed E-state index contributed by atoms with van der Waals surface area (Å²) in [5.74, 6) is 1.37. The highest BCUT2D eigenvalue weighted by Crippen LogP contribution is 2.36. The molecule has 0 spiro atoms. The number of anilines is 1. The second-order valence-corrected chi connectivity index (χ2v) is 9.13. The van der Waals surface area contributed by atoms with Gasteiger partial charge in [-0.3, -0.25) is 9.69 Å². The molecule has 1 N–H and O–H groups in total. The number of benzene rings is 1. The van der Waals surface area contributed by atoms with Gasteiger partial charge in [-0.05, 0) is 81.8 Å². The lowest BCUT2D eigenvalue weighted by Gasteiger charge is -2.38. The molecule has 1 aliphatic carbocycles. The van der Waals surface area contributed by atoms with Gasteiger partial charge in [-0.2, -0.15) is 0 Å². The molecule has 3 rings (SSSR count). The maximum absolute atomic E-state index is 13.1. The zero-order valence-electron chi connectivity index (χ0n) is 19.0. The van der Waals surface area contributed by atoms with E-state index in [1.165, 1.54) is 45.2 Å². The van der Waals surface area contributed by atoms with Crippen LogP contribution in [0.25, 0.3) is 0 Å². The quantitative estimate of drug-likeness (QED) is 0.597. The van der Waals surface area contributed by atoms with Crippen molar-refractivity contribution < 1.29 is 14.3 Å². The lowest BCUT2D eigenvalue weighted by atomic mass is 9.78. The molecular weight excluding hydrogens is 376 g/mol. The molecule has 0 bridgehead atoms. The van der Waals surface area contributed by atoms with Gasteiger partial charge in [0.2, 0.25) is 0 Å². The highest BCUT2D eigenvalue weighted by atomic mass is 16.5. The Bertz CT molecular complexity index is 640. The molecule has 1 heterocycles. The Labute approximate surface area is 182 Å². The summed E-state index contributed by atoms with van der Waals surface area (Å²) in [6, 6.07) is 7.75. The Morgan fingerprint density at radius 3 is 2.50 bits per heavy atom. The van der Waals surface area contributed by atoms with E-state index in [4.69, 9.17) is 9.47 Å². The standard InChI is InChI=1S/C25H40N2O3/c1-3-18-30-25(14-8-9-21(2)20-25)24(28)26-22-10-12-23(13-11-22)29-19-17-27-15-6-4-5-7-16-27/h10-13,21H,3-9,14-20H2,1-2H3,(H,26,28). The van der Waals surface area contributed by atoms with Crippen LogP contribution in [0.15, 0.2) is 24.3 Å². The van der Waals surface area contributed by atoms with Crippen LogP contribution in [-0.4, -0.2) is 49.3 Å². The van der Waals surface area contributed by atoms with Gasteiger partial charge < -0.3 is 14.8 Å². The van der Waals surface area contributed by atoms with E-state index in [2.05, 4.69) is 24.1 Å². The molecule has 0 radical (unpaired) electrons. The van der Waals surface area contributed by atoms with Crippen LogP contribution in [0, 0.1) is 5.92 Å². The van der Waals surface area contributed by atoms with Crippen molar-refractivity contribution in [2.75, 3.05) is 38.2 Å². The Balaban J connectivity index is 1.50. The van der Waals surface area contributed by atoms with Crippen molar-refractivity contribution in [3.05, 3.63) is 24.3 Å². The monoisotopic (exact) mass is 416 g/mol. The van der Waals surface area contributed by atoms with Crippen LogP contribution >= 0.6 is 0 Å². The molecule has 1 amide bonds. The maximum Gasteiger partial charge on any atom is 0.256 e. The normalized spacial score (nSPS) is 25.5. The molecular formula is C25H40N2O3. The zero-order valence-corrected chi connectivity index (χ0v) is 19.0. The lowest BCUT2D eigenvalue weighted by molar-refractivity contribution is -0.148. The first-order valence-electron chi connectivity index (χ1n) is 12.0. The molecule has 2 atom stereocenters. The molecule has 30 heavy (non-hydrogen) atoms. The van der Waals surface area contributed by atoms with E-state index < -0.39 is 5.60 Å². The van der Waals surface area contributed by atoms with Gasteiger partial charge in [0, 0.05) is 18.8 Å². The van der Waals surface area contributed by atoms with Crippen LogP contribution in [0.4, 0.5) is 5.69 Å². The second kappa shape index (κ2) is 11.7. The van der Waals surface area contributed by atoms with Crippen molar-refractivity contribution in [2.24, 2.45) is 5.92 Å². The summed E-state index contributed by atoms with van der Waals surface area (Å²) in [6.45, 7) is 9.00. The average Bonchev–Trinajstić information content (AvgIpc) is 3.02. The van der Waals surface area contributed by atoms with Crippen molar-refractivity contribution in [2.45, 2.75) is 77.2 Å². The fraction of sp³-hybridized carbons (Fsp3) is 0.720. The first-order valence-corrected chi connectivity index (χ1v) is 12.0. The lowest BCUT2D eigenvalue weighted by Crippen LogP contribution is -2.48. The van der Waals surface area contributed by atoms with Crippen molar-refractivity contribution >= 4 is 11.6 Å². The van der Waals surface area contributed by atoms with Crippen LogP contribution in [0.5, 0.6) is 5.75 Å². The summed E-state index contributed by atoms with van der Waals surface area (Å²) >= 11 is 0. The van der Waals surface area contributed by atoms with E-state index in [1.807, 2.05) is 24.3 Å². The first kappa shape index (κ1) is 23.1. The fourth-order valence-electron chi connectivity index (χ4n) is 4.74. The molecule has 1 aromatic carbocycles. The number of amides is 1. The Morgan fingerprint density at radius 2 is 1.83 bits per heavy atom. The second-order valence-electron chi connectivity index (χ2n) is 9.13. The van der Waals surface area contributed by atoms with Crippen LogP contribution < -0.4 is 10.1 Å². The number of carbonyl (C=O) groups is 1. The minimum Gasteiger partial charge on any atom is -0.492 e. The smallest absolute Gasteiger partial charge is 0.256 e. The predicted octanol–water partition coefficient (Wildman–Crippen LogP) is 5.26. The van der Waals surface area contributed by atoms with E-state index in [-0.39, 0.29) is 5.91 Å². The minimum absolute atomic E-state index is 0.00247. The summed E-state index contributed by atoms with van der Waals surface area (Å²) in [7, 11) is 0. The van der Waals surface area contributed by atoms with Crippen LogP contribution in [0.2, 0.25) is 0 Å². The van der Waals surface area contributed by atoms with Gasteiger partial charge in [-0.1, -0.05) is 33.1 Å². The maximum atomic E-state index is 13.1. The van der Waals surface area contributed by atoms with Gasteiger partial charge in [0.25, 0.3) is 5.91 Å². The van der Waals surface area contributed by atoms with E-state index in [0.29, 0.717) is 19.1 Å². The first-order chi connectivity index (χ1) is 14.6. The van der Waals surface area contributed by atoms with Crippen molar-refractivity contribution in [3.8, 4) is 5.75 Å². The molecule has 2 unspecified atom stereocenters. The Hall–Kier alpha value is -1.59. The molecule has 1 saturated heterocycles. The van der Waals surface area contributed by atoms with Crippen LogP contribution in [0.1, 0.15) is 71.6 Å². The topological polar surface area (TPSA) is 50.8 Å². The average molecular weight is 417 g/mol. The number of nitrogens with zero attached hydrogens (tertiary/aromatic N) is 1. The third-order valence-electron chi connectivity index (χ3n) is 6.44. The molecule has 1 aliphatic heterocycles. The van der Waals surface area contributed by atoms with Gasteiger partial charge in [-0.15, -0.1) is 0 Å². The number of ether oxygens (including phenoxy) is 2. The third-order valence-corrected chi connectivity index (χ3v) is 6.44. The van der Waals surface area contributed by atoms with Crippen LogP contribution in [0.3, 0.4) is 0 Å². The number of hydrogen-bond donors (Lipinski definition) is 1. The van der Waals surface area contributed by atoms with Crippen molar-refractivity contribution in [1.29, 1.82) is 0 Å². The summed E-state index contributed by atoms with van der Waals surface area (Å²) in [6.07, 6.45) is 10.1. The molecule has 168 valence electrons. The van der Waals surface area contributed by atoms with E-state index in [1.54, 1.807) is 0 Å². The minimum atomic E-state index is -0.685. The molecule has 2 aliphatic rings. The Morgan fingerprint density at radius 1 is 1.10 bits per heavy atom. The summed E-state index contributed by atoms with van der Waals surface area (Å²) in [5.41, 5.74) is 0.119. The number of likely N-dealkylation sites (tertiary alicyclic amines) is 1. The van der Waals surface area contributed by atoms with Crippen molar-refractivity contribution in [3.63, 3.8) is 0 Å². The zero-order chi connectivity index (χ0) is 21.2. The van der Waals surface area contributed by atoms with Gasteiger partial charge in [-0.25, -0.2) is 0 Å².